The fraction of sp³-hybridized carbons (Fsp3) is 0.720. The Bertz CT molecular complexity index is 554. The Labute approximate surface area is 184 Å². The van der Waals surface area contributed by atoms with E-state index in [0.717, 1.165) is 6.42 Å². The Morgan fingerprint density at radius 2 is 1.07 bits per heavy atom. The Hall–Kier alpha value is -1.91. The maximum absolute atomic E-state index is 5.92. The number of anilines is 2. The third kappa shape index (κ3) is 14.1. The highest BCUT2D eigenvalue weighted by molar-refractivity contribution is 5.98. The van der Waals surface area contributed by atoms with E-state index in [1.54, 1.807) is 18.2 Å². The van der Waals surface area contributed by atoms with Crippen LogP contribution in [0.4, 0.5) is 11.4 Å². The average Bonchev–Trinajstić information content (AvgIpc) is 2.72. The van der Waals surface area contributed by atoms with Crippen molar-refractivity contribution in [1.29, 1.82) is 0 Å². The van der Waals surface area contributed by atoms with Crippen molar-refractivity contribution in [2.45, 2.75) is 110 Å². The average molecular weight is 419 g/mol. The SMILES string of the molecule is CCCCCCCCCCCCCCCCCCON=C(N)c1cc(N)cc(N)c1. The van der Waals surface area contributed by atoms with Crippen molar-refractivity contribution in [2.24, 2.45) is 10.9 Å². The van der Waals surface area contributed by atoms with Crippen molar-refractivity contribution in [3.05, 3.63) is 23.8 Å². The van der Waals surface area contributed by atoms with Crippen LogP contribution in [0.3, 0.4) is 0 Å². The van der Waals surface area contributed by atoms with Crippen LogP contribution >= 0.6 is 0 Å². The normalized spacial score (nSPS) is 11.7. The molecule has 0 atom stereocenters. The van der Waals surface area contributed by atoms with E-state index in [4.69, 9.17) is 22.0 Å². The van der Waals surface area contributed by atoms with Crippen molar-refractivity contribution >= 4 is 17.2 Å². The molecule has 0 aliphatic carbocycles. The van der Waals surface area contributed by atoms with E-state index in [1.807, 2.05) is 0 Å². The highest BCUT2D eigenvalue weighted by Gasteiger charge is 2.02. The Kier molecular flexibility index (Phi) is 15.6. The number of nitrogens with two attached hydrogens (primary N) is 3. The topological polar surface area (TPSA) is 99.6 Å². The zero-order valence-corrected chi connectivity index (χ0v) is 19.3. The number of nitrogens with zero attached hydrogens (tertiary/aromatic N) is 1. The van der Waals surface area contributed by atoms with Crippen LogP contribution in [0.2, 0.25) is 0 Å². The predicted molar refractivity (Wildman–Crippen MR) is 131 cm³/mol. The predicted octanol–water partition coefficient (Wildman–Crippen LogP) is 6.75. The van der Waals surface area contributed by atoms with Crippen LogP contribution in [0.25, 0.3) is 0 Å². The summed E-state index contributed by atoms with van der Waals surface area (Å²) in [5.41, 5.74) is 19.3. The van der Waals surface area contributed by atoms with E-state index < -0.39 is 0 Å². The van der Waals surface area contributed by atoms with Gasteiger partial charge in [-0.15, -0.1) is 0 Å². The maximum Gasteiger partial charge on any atom is 0.170 e. The first-order chi connectivity index (χ1) is 14.6. The minimum absolute atomic E-state index is 0.311. The number of hydrogen-bond acceptors (Lipinski definition) is 4. The summed E-state index contributed by atoms with van der Waals surface area (Å²) in [7, 11) is 0. The highest BCUT2D eigenvalue weighted by atomic mass is 16.6. The molecule has 5 heteroatoms. The van der Waals surface area contributed by atoms with Gasteiger partial charge in [-0.2, -0.15) is 0 Å². The second kappa shape index (κ2) is 17.9. The molecule has 0 saturated carbocycles. The van der Waals surface area contributed by atoms with Gasteiger partial charge < -0.3 is 22.0 Å². The summed E-state index contributed by atoms with van der Waals surface area (Å²) in [6.45, 7) is 2.88. The molecule has 0 radical (unpaired) electrons. The quantitative estimate of drug-likeness (QED) is 0.0760. The first-order valence-electron chi connectivity index (χ1n) is 12.3. The molecule has 0 fully saturated rings. The third-order valence-corrected chi connectivity index (χ3v) is 5.53. The number of amidine groups is 1. The van der Waals surface area contributed by atoms with Crippen molar-refractivity contribution in [3.63, 3.8) is 0 Å². The number of hydrogen-bond donors (Lipinski definition) is 3. The molecule has 0 aliphatic heterocycles. The van der Waals surface area contributed by atoms with E-state index in [2.05, 4.69) is 12.1 Å². The first kappa shape index (κ1) is 26.1. The molecule has 0 aliphatic rings. The van der Waals surface area contributed by atoms with Gasteiger partial charge in [0.1, 0.15) is 6.61 Å². The van der Waals surface area contributed by atoms with Gasteiger partial charge in [-0.25, -0.2) is 0 Å². The Balaban J connectivity index is 1.86. The fourth-order valence-corrected chi connectivity index (χ4v) is 3.71. The molecule has 1 aromatic carbocycles. The van der Waals surface area contributed by atoms with E-state index in [9.17, 15) is 0 Å². The molecule has 0 aromatic heterocycles. The largest absolute Gasteiger partial charge is 0.399 e. The van der Waals surface area contributed by atoms with E-state index in [0.29, 0.717) is 29.4 Å². The lowest BCUT2D eigenvalue weighted by molar-refractivity contribution is 0.139. The summed E-state index contributed by atoms with van der Waals surface area (Å²) in [5, 5.41) is 3.97. The van der Waals surface area contributed by atoms with Crippen molar-refractivity contribution in [1.82, 2.24) is 0 Å². The molecule has 30 heavy (non-hydrogen) atoms. The maximum atomic E-state index is 5.92. The minimum Gasteiger partial charge on any atom is -0.399 e. The Morgan fingerprint density at radius 3 is 1.50 bits per heavy atom. The zero-order chi connectivity index (χ0) is 21.9. The second-order valence-electron chi connectivity index (χ2n) is 8.50. The minimum atomic E-state index is 0.311. The molecular formula is C25H46N4O. The zero-order valence-electron chi connectivity index (χ0n) is 19.3. The number of benzene rings is 1. The monoisotopic (exact) mass is 418 g/mol. The smallest absolute Gasteiger partial charge is 0.170 e. The number of nitrogen functional groups attached to an aromatic ring is 2. The lowest BCUT2D eigenvalue weighted by Gasteiger charge is -2.05. The fourth-order valence-electron chi connectivity index (χ4n) is 3.71. The van der Waals surface area contributed by atoms with Crippen LogP contribution in [0.15, 0.2) is 23.4 Å². The van der Waals surface area contributed by atoms with Crippen molar-refractivity contribution in [3.8, 4) is 0 Å². The van der Waals surface area contributed by atoms with Crippen molar-refractivity contribution in [2.75, 3.05) is 18.1 Å². The molecule has 0 bridgehead atoms. The molecular weight excluding hydrogens is 372 g/mol. The summed E-state index contributed by atoms with van der Waals surface area (Å²) in [4.78, 5) is 5.33. The van der Waals surface area contributed by atoms with Crippen LogP contribution in [0, 0.1) is 0 Å². The summed E-state index contributed by atoms with van der Waals surface area (Å²) in [6.07, 6.45) is 21.7. The summed E-state index contributed by atoms with van der Waals surface area (Å²) in [5.74, 6) is 0.311. The summed E-state index contributed by atoms with van der Waals surface area (Å²) in [6, 6.07) is 5.18. The number of unbranched alkanes of at least 4 members (excludes halogenated alkanes) is 15. The van der Waals surface area contributed by atoms with Gasteiger partial charge in [0.15, 0.2) is 5.84 Å². The molecule has 1 rings (SSSR count). The standard InChI is InChI=1S/C25H46N4O/c1-2-3-4-5-6-7-8-9-10-11-12-13-14-15-16-17-18-30-29-25(28)22-19-23(26)21-24(27)20-22/h19-21H,2-18,26-27H2,1H3,(H2,28,29). The Morgan fingerprint density at radius 1 is 0.667 bits per heavy atom. The molecule has 0 unspecified atom stereocenters. The van der Waals surface area contributed by atoms with Gasteiger partial charge in [-0.3, -0.25) is 0 Å². The van der Waals surface area contributed by atoms with Crippen molar-refractivity contribution < 1.29 is 4.84 Å². The van der Waals surface area contributed by atoms with Crippen LogP contribution in [0.5, 0.6) is 0 Å². The molecule has 172 valence electrons. The first-order valence-corrected chi connectivity index (χ1v) is 12.3. The van der Waals surface area contributed by atoms with Gasteiger partial charge in [-0.05, 0) is 31.0 Å². The molecule has 0 saturated heterocycles. The van der Waals surface area contributed by atoms with Crippen LogP contribution in [-0.2, 0) is 4.84 Å². The molecule has 0 heterocycles. The molecule has 6 N–H and O–H groups in total. The van der Waals surface area contributed by atoms with Crippen LogP contribution < -0.4 is 17.2 Å². The van der Waals surface area contributed by atoms with E-state index in [-0.39, 0.29) is 0 Å². The van der Waals surface area contributed by atoms with Gasteiger partial charge >= 0.3 is 0 Å². The highest BCUT2D eigenvalue weighted by Crippen LogP contribution is 2.15. The van der Waals surface area contributed by atoms with Gasteiger partial charge in [0.05, 0.1) is 0 Å². The molecule has 1 aromatic rings. The molecule has 5 nitrogen and oxygen atoms in total. The second-order valence-corrected chi connectivity index (χ2v) is 8.50. The van der Waals surface area contributed by atoms with Gasteiger partial charge in [0.2, 0.25) is 0 Å². The van der Waals surface area contributed by atoms with Gasteiger partial charge in [0.25, 0.3) is 0 Å². The summed E-state index contributed by atoms with van der Waals surface area (Å²) >= 11 is 0. The summed E-state index contributed by atoms with van der Waals surface area (Å²) < 4.78 is 0. The van der Waals surface area contributed by atoms with Crippen LogP contribution in [0.1, 0.15) is 115 Å². The van der Waals surface area contributed by atoms with E-state index in [1.165, 1.54) is 96.3 Å². The number of oxime groups is 1. The van der Waals surface area contributed by atoms with Crippen LogP contribution in [-0.4, -0.2) is 12.4 Å². The van der Waals surface area contributed by atoms with Gasteiger partial charge in [-0.1, -0.05) is 102 Å². The third-order valence-electron chi connectivity index (χ3n) is 5.53. The molecule has 0 amide bonds. The number of rotatable bonds is 19. The lowest BCUT2D eigenvalue weighted by Crippen LogP contribution is -2.14. The van der Waals surface area contributed by atoms with Gasteiger partial charge in [0, 0.05) is 16.9 Å². The van der Waals surface area contributed by atoms with E-state index >= 15 is 0 Å². The lowest BCUT2D eigenvalue weighted by atomic mass is 10.0. The molecule has 0 spiro atoms.